The Kier molecular flexibility index (Phi) is 11.3. The third-order valence-electron chi connectivity index (χ3n) is 4.73. The molecule has 0 atom stereocenters. The highest BCUT2D eigenvalue weighted by Gasteiger charge is 2.30. The second-order valence-electron chi connectivity index (χ2n) is 7.08. The average molecular weight is 479 g/mol. The number of halogens is 3. The van der Waals surface area contributed by atoms with Crippen LogP contribution in [0, 0.1) is 6.92 Å². The van der Waals surface area contributed by atoms with E-state index in [4.69, 9.17) is 8.60 Å². The van der Waals surface area contributed by atoms with Gasteiger partial charge >= 0.3 is 12.0 Å². The van der Waals surface area contributed by atoms with E-state index >= 15 is 0 Å². The first-order valence-corrected chi connectivity index (χ1v) is 12.4. The molecule has 0 unspecified atom stereocenters. The molecule has 0 radical (unpaired) electrons. The smallest absolute Gasteiger partial charge is 0.422 e. The molecule has 0 spiro atoms. The molecule has 0 saturated carbocycles. The van der Waals surface area contributed by atoms with Gasteiger partial charge in [-0.3, -0.25) is 4.74 Å². The minimum atomic E-state index is -4.80. The van der Waals surface area contributed by atoms with Crippen molar-refractivity contribution >= 4 is 34.8 Å². The molecule has 0 bridgehead atoms. The second kappa shape index (κ2) is 13.4. The Hall–Kier alpha value is -1.16. The minimum absolute atomic E-state index is 0.110. The summed E-state index contributed by atoms with van der Waals surface area (Å²) in [6, 6.07) is 5.46. The summed E-state index contributed by atoms with van der Waals surface area (Å²) in [6.45, 7) is 3.65. The van der Waals surface area contributed by atoms with Gasteiger partial charge in [0, 0.05) is 16.0 Å². The van der Waals surface area contributed by atoms with Crippen molar-refractivity contribution in [3.8, 4) is 0 Å². The Bertz CT molecular complexity index is 868. The van der Waals surface area contributed by atoms with E-state index in [1.54, 1.807) is 30.8 Å². The number of aryl methyl sites for hydroxylation is 1. The number of thioether (sulfide) groups is 1. The molecule has 0 aliphatic carbocycles. The number of benzene rings is 1. The molecule has 0 fully saturated rings. The van der Waals surface area contributed by atoms with Crippen molar-refractivity contribution in [1.82, 2.24) is 0 Å². The van der Waals surface area contributed by atoms with Crippen LogP contribution >= 0.6 is 23.8 Å². The maximum atomic E-state index is 12.3. The highest BCUT2D eigenvalue weighted by molar-refractivity contribution is 7.99. The van der Waals surface area contributed by atoms with Gasteiger partial charge in [-0.15, -0.1) is 24.9 Å². The summed E-state index contributed by atoms with van der Waals surface area (Å²) in [5.41, 5.74) is -0.0755. The minimum Gasteiger partial charge on any atom is -0.422 e. The Morgan fingerprint density at radius 1 is 1.06 bits per heavy atom. The molecule has 31 heavy (non-hydrogen) atoms. The molecular formula is C22H29F3O4S2. The van der Waals surface area contributed by atoms with Gasteiger partial charge in [0.2, 0.25) is 0 Å². The van der Waals surface area contributed by atoms with Gasteiger partial charge in [0.15, 0.2) is 0 Å². The summed E-state index contributed by atoms with van der Waals surface area (Å²) in [5.74, 6) is 1.95. The Morgan fingerprint density at radius 3 is 2.48 bits per heavy atom. The predicted octanol–water partition coefficient (Wildman–Crippen LogP) is 7.26. The topological polar surface area (TPSA) is 48.7 Å². The van der Waals surface area contributed by atoms with Crippen LogP contribution in [0.4, 0.5) is 13.2 Å². The third-order valence-corrected chi connectivity index (χ3v) is 6.38. The number of hydrogen-bond acceptors (Lipinski definition) is 6. The van der Waals surface area contributed by atoms with Crippen LogP contribution in [0.1, 0.15) is 56.6 Å². The maximum Gasteiger partial charge on any atom is 0.522 e. The van der Waals surface area contributed by atoms with Crippen LogP contribution in [0.2, 0.25) is 0 Å². The van der Waals surface area contributed by atoms with E-state index in [1.807, 2.05) is 6.07 Å². The molecule has 1 aromatic carbocycles. The van der Waals surface area contributed by atoms with Gasteiger partial charge in [0.1, 0.15) is 5.58 Å². The van der Waals surface area contributed by atoms with Crippen LogP contribution in [-0.2, 0) is 15.5 Å². The molecule has 0 aliphatic rings. The number of fused-ring (bicyclic) bond motifs is 1. The fraction of sp³-hybridized carbons (Fsp3) is 0.591. The first-order chi connectivity index (χ1) is 14.8. The predicted molar refractivity (Wildman–Crippen MR) is 121 cm³/mol. The van der Waals surface area contributed by atoms with E-state index in [-0.39, 0.29) is 5.56 Å². The Balaban J connectivity index is 1.78. The lowest BCUT2D eigenvalue weighted by Gasteiger charge is -2.11. The lowest BCUT2D eigenvalue weighted by molar-refractivity contribution is -0.330. The summed E-state index contributed by atoms with van der Waals surface area (Å²) in [7, 11) is 0. The van der Waals surface area contributed by atoms with Crippen molar-refractivity contribution in [2.24, 2.45) is 0 Å². The SMILES string of the molecule is CCSOCCCCCCCCSc1ccc2c(C)c(COC(F)(F)F)c(=O)oc2c1. The van der Waals surface area contributed by atoms with Crippen LogP contribution in [0.3, 0.4) is 0 Å². The van der Waals surface area contributed by atoms with Crippen molar-refractivity contribution in [1.29, 1.82) is 0 Å². The van der Waals surface area contributed by atoms with Crippen LogP contribution in [0.5, 0.6) is 0 Å². The highest BCUT2D eigenvalue weighted by Crippen LogP contribution is 2.28. The number of ether oxygens (including phenoxy) is 1. The van der Waals surface area contributed by atoms with E-state index < -0.39 is 18.6 Å². The molecule has 0 aliphatic heterocycles. The Labute approximate surface area is 189 Å². The summed E-state index contributed by atoms with van der Waals surface area (Å²) >= 11 is 3.20. The summed E-state index contributed by atoms with van der Waals surface area (Å²) in [5, 5.41) is 0.617. The van der Waals surface area contributed by atoms with Gasteiger partial charge in [0.05, 0.1) is 18.8 Å². The van der Waals surface area contributed by atoms with Gasteiger partial charge in [-0.25, -0.2) is 4.79 Å². The summed E-state index contributed by atoms with van der Waals surface area (Å²) in [4.78, 5) is 13.1. The zero-order valence-electron chi connectivity index (χ0n) is 17.9. The van der Waals surface area contributed by atoms with Crippen LogP contribution < -0.4 is 5.63 Å². The maximum absolute atomic E-state index is 12.3. The summed E-state index contributed by atoms with van der Waals surface area (Å²) < 4.78 is 51.3. The molecule has 0 saturated heterocycles. The quantitative estimate of drug-likeness (QED) is 0.123. The molecule has 174 valence electrons. The van der Waals surface area contributed by atoms with Crippen molar-refractivity contribution in [3.63, 3.8) is 0 Å². The molecule has 9 heteroatoms. The van der Waals surface area contributed by atoms with Crippen LogP contribution in [0.15, 0.2) is 32.3 Å². The van der Waals surface area contributed by atoms with E-state index in [2.05, 4.69) is 11.7 Å². The standard InChI is InChI=1S/C22H29F3O4S2/c1-3-31-28-12-8-6-4-5-7-9-13-30-17-10-11-18-16(2)19(15-27-22(23,24)25)21(26)29-20(18)14-17/h10-11,14H,3-9,12-13,15H2,1-2H3. The number of alkyl halides is 3. The van der Waals surface area contributed by atoms with Gasteiger partial charge < -0.3 is 8.60 Å². The molecule has 0 N–H and O–H groups in total. The fourth-order valence-electron chi connectivity index (χ4n) is 3.09. The fourth-order valence-corrected chi connectivity index (χ4v) is 4.43. The number of unbranched alkanes of at least 4 members (excludes halogenated alkanes) is 5. The van der Waals surface area contributed by atoms with Gasteiger partial charge in [-0.2, -0.15) is 0 Å². The highest BCUT2D eigenvalue weighted by atomic mass is 32.2. The van der Waals surface area contributed by atoms with E-state index in [0.717, 1.165) is 35.8 Å². The number of rotatable bonds is 14. The van der Waals surface area contributed by atoms with Crippen LogP contribution in [-0.4, -0.2) is 24.5 Å². The van der Waals surface area contributed by atoms with E-state index in [1.165, 1.54) is 37.7 Å². The van der Waals surface area contributed by atoms with Crippen LogP contribution in [0.25, 0.3) is 11.0 Å². The van der Waals surface area contributed by atoms with E-state index in [0.29, 0.717) is 16.5 Å². The van der Waals surface area contributed by atoms with Gasteiger partial charge in [0.25, 0.3) is 0 Å². The summed E-state index contributed by atoms with van der Waals surface area (Å²) in [6.07, 6.45) is 2.19. The lowest BCUT2D eigenvalue weighted by Crippen LogP contribution is -2.18. The molecule has 1 heterocycles. The number of hydrogen-bond donors (Lipinski definition) is 0. The Morgan fingerprint density at radius 2 is 1.77 bits per heavy atom. The molecular weight excluding hydrogens is 449 g/mol. The lowest BCUT2D eigenvalue weighted by atomic mass is 10.1. The van der Waals surface area contributed by atoms with Crippen molar-refractivity contribution in [3.05, 3.63) is 39.7 Å². The first-order valence-electron chi connectivity index (χ1n) is 10.5. The molecule has 2 rings (SSSR count). The molecule has 0 amide bonds. The molecule has 1 aromatic heterocycles. The third kappa shape index (κ3) is 9.47. The average Bonchev–Trinajstić information content (AvgIpc) is 2.71. The second-order valence-corrected chi connectivity index (χ2v) is 9.30. The van der Waals surface area contributed by atoms with Crippen molar-refractivity contribution in [2.45, 2.75) is 70.2 Å². The molecule has 2 aromatic rings. The van der Waals surface area contributed by atoms with Crippen molar-refractivity contribution < 1.29 is 26.5 Å². The zero-order chi connectivity index (χ0) is 22.7. The van der Waals surface area contributed by atoms with Crippen molar-refractivity contribution in [2.75, 3.05) is 18.1 Å². The molecule has 4 nitrogen and oxygen atoms in total. The van der Waals surface area contributed by atoms with Gasteiger partial charge in [-0.05, 0) is 61.3 Å². The van der Waals surface area contributed by atoms with Gasteiger partial charge in [-0.1, -0.05) is 32.6 Å². The normalized spacial score (nSPS) is 12.0. The van der Waals surface area contributed by atoms with E-state index in [9.17, 15) is 18.0 Å². The zero-order valence-corrected chi connectivity index (χ0v) is 19.5. The largest absolute Gasteiger partial charge is 0.522 e. The first kappa shape index (κ1) is 26.1. The monoisotopic (exact) mass is 478 g/mol.